The minimum Gasteiger partial charge on any atom is -0.399 e. The quantitative estimate of drug-likeness (QED) is 0.364. The lowest BCUT2D eigenvalue weighted by Gasteiger charge is -2.14. The molecule has 1 heterocycles. The van der Waals surface area contributed by atoms with E-state index in [-0.39, 0.29) is 17.4 Å². The first kappa shape index (κ1) is 21.3. The predicted octanol–water partition coefficient (Wildman–Crippen LogP) is 4.65. The Morgan fingerprint density at radius 1 is 0.966 bits per heavy atom. The maximum Gasteiger partial charge on any atom is 0.287 e. The number of nitro groups is 2. The fraction of sp³-hybridized carbons (Fsp3) is 0.150. The monoisotopic (exact) mass is 395 g/mol. The molecule has 2 aromatic carbocycles. The number of anilines is 2. The second-order valence-corrected chi connectivity index (χ2v) is 6.23. The topological polar surface area (TPSA) is 137 Å². The second-order valence-electron chi connectivity index (χ2n) is 6.23. The van der Waals surface area contributed by atoms with E-state index in [1.807, 2.05) is 37.3 Å². The highest BCUT2D eigenvalue weighted by molar-refractivity contribution is 5.51. The van der Waals surface area contributed by atoms with Crippen molar-refractivity contribution in [2.75, 3.05) is 11.1 Å². The number of pyridine rings is 1. The van der Waals surface area contributed by atoms with E-state index in [0.29, 0.717) is 11.5 Å². The molecule has 0 fully saturated rings. The first-order valence-corrected chi connectivity index (χ1v) is 8.70. The maximum atomic E-state index is 10.5. The number of rotatable bonds is 5. The summed E-state index contributed by atoms with van der Waals surface area (Å²) in [6.07, 6.45) is 1.25. The van der Waals surface area contributed by atoms with Gasteiger partial charge >= 0.3 is 0 Å². The van der Waals surface area contributed by atoms with Gasteiger partial charge in [0, 0.05) is 29.9 Å². The van der Waals surface area contributed by atoms with Crippen LogP contribution in [0.15, 0.2) is 66.9 Å². The standard InChI is InChI=1S/C13H13N3O2.C7H8N2O2/c1-10(11-5-3-2-4-6-11)15-13-8-7-12(9-14-13)16(17)18;1-5-4-6(9(10)11)2-3-7(5)8/h2-10H,1H3,(H,14,15);2-4H,8H2,1H3. The van der Waals surface area contributed by atoms with Gasteiger partial charge in [-0.2, -0.15) is 0 Å². The van der Waals surface area contributed by atoms with E-state index in [4.69, 9.17) is 5.73 Å². The molecular formula is C20H21N5O4. The number of nitro benzene ring substituents is 1. The Hall–Kier alpha value is -4.01. The fourth-order valence-electron chi connectivity index (χ4n) is 2.40. The van der Waals surface area contributed by atoms with E-state index in [1.165, 1.54) is 30.5 Å². The molecule has 0 aliphatic carbocycles. The van der Waals surface area contributed by atoms with Crippen LogP contribution in [0.3, 0.4) is 0 Å². The maximum absolute atomic E-state index is 10.5. The summed E-state index contributed by atoms with van der Waals surface area (Å²) in [6, 6.07) is 17.5. The van der Waals surface area contributed by atoms with Gasteiger partial charge in [-0.15, -0.1) is 0 Å². The van der Waals surface area contributed by atoms with Crippen LogP contribution in [0, 0.1) is 27.2 Å². The van der Waals surface area contributed by atoms with Crippen LogP contribution in [0.4, 0.5) is 22.9 Å². The molecule has 29 heavy (non-hydrogen) atoms. The molecule has 3 aromatic rings. The minimum absolute atomic E-state index is 0.00656. The average molecular weight is 395 g/mol. The first-order valence-electron chi connectivity index (χ1n) is 8.70. The zero-order valence-corrected chi connectivity index (χ0v) is 16.0. The summed E-state index contributed by atoms with van der Waals surface area (Å²) in [5, 5.41) is 23.9. The molecule has 150 valence electrons. The zero-order chi connectivity index (χ0) is 21.4. The largest absolute Gasteiger partial charge is 0.399 e. The summed E-state index contributed by atoms with van der Waals surface area (Å²) in [7, 11) is 0. The molecule has 0 spiro atoms. The lowest BCUT2D eigenvalue weighted by Crippen LogP contribution is -2.07. The molecule has 0 saturated carbocycles. The Morgan fingerprint density at radius 3 is 2.10 bits per heavy atom. The summed E-state index contributed by atoms with van der Waals surface area (Å²) >= 11 is 0. The number of nitrogens with two attached hydrogens (primary N) is 1. The molecule has 1 atom stereocenters. The van der Waals surface area contributed by atoms with Crippen LogP contribution in [0.2, 0.25) is 0 Å². The smallest absolute Gasteiger partial charge is 0.287 e. The van der Waals surface area contributed by atoms with Gasteiger partial charge in [-0.05, 0) is 37.1 Å². The van der Waals surface area contributed by atoms with Crippen LogP contribution in [0.1, 0.15) is 24.1 Å². The molecule has 9 heteroatoms. The van der Waals surface area contributed by atoms with Crippen LogP contribution in [-0.4, -0.2) is 14.8 Å². The number of nitrogens with zero attached hydrogens (tertiary/aromatic N) is 3. The molecular weight excluding hydrogens is 374 g/mol. The van der Waals surface area contributed by atoms with Crippen molar-refractivity contribution in [2.45, 2.75) is 19.9 Å². The fourth-order valence-corrected chi connectivity index (χ4v) is 2.40. The normalized spacial score (nSPS) is 11.0. The Balaban J connectivity index is 0.000000234. The van der Waals surface area contributed by atoms with Gasteiger partial charge in [-0.1, -0.05) is 30.3 Å². The highest BCUT2D eigenvalue weighted by atomic mass is 16.6. The molecule has 1 aromatic heterocycles. The van der Waals surface area contributed by atoms with Gasteiger partial charge in [0.1, 0.15) is 12.0 Å². The summed E-state index contributed by atoms with van der Waals surface area (Å²) in [4.78, 5) is 23.8. The van der Waals surface area contributed by atoms with Gasteiger partial charge in [0.15, 0.2) is 0 Å². The predicted molar refractivity (Wildman–Crippen MR) is 112 cm³/mol. The van der Waals surface area contributed by atoms with Crippen molar-refractivity contribution in [3.63, 3.8) is 0 Å². The molecule has 9 nitrogen and oxygen atoms in total. The van der Waals surface area contributed by atoms with E-state index < -0.39 is 9.85 Å². The van der Waals surface area contributed by atoms with Gasteiger partial charge in [0.25, 0.3) is 11.4 Å². The number of nitrogens with one attached hydrogen (secondary N) is 1. The third kappa shape index (κ3) is 6.28. The van der Waals surface area contributed by atoms with Crippen molar-refractivity contribution in [3.8, 4) is 0 Å². The van der Waals surface area contributed by atoms with Crippen LogP contribution in [0.25, 0.3) is 0 Å². The van der Waals surface area contributed by atoms with Crippen molar-refractivity contribution in [3.05, 3.63) is 98.2 Å². The SMILES string of the molecule is CC(Nc1ccc([N+](=O)[O-])cn1)c1ccccc1.Cc1cc([N+](=O)[O-])ccc1N. The molecule has 0 amide bonds. The Bertz CT molecular complexity index is 978. The van der Waals surface area contributed by atoms with Gasteiger partial charge in [-0.3, -0.25) is 20.2 Å². The number of hydrogen-bond donors (Lipinski definition) is 2. The van der Waals surface area contributed by atoms with E-state index in [1.54, 1.807) is 13.0 Å². The lowest BCUT2D eigenvalue weighted by molar-refractivity contribution is -0.385. The first-order chi connectivity index (χ1) is 13.8. The molecule has 0 saturated heterocycles. The van der Waals surface area contributed by atoms with Gasteiger partial charge in [0.2, 0.25) is 0 Å². The molecule has 1 unspecified atom stereocenters. The molecule has 0 aliphatic heterocycles. The van der Waals surface area contributed by atoms with Crippen LogP contribution in [-0.2, 0) is 0 Å². The van der Waals surface area contributed by atoms with Crippen molar-refractivity contribution >= 4 is 22.9 Å². The van der Waals surface area contributed by atoms with E-state index in [9.17, 15) is 20.2 Å². The molecule has 0 radical (unpaired) electrons. The van der Waals surface area contributed by atoms with Gasteiger partial charge < -0.3 is 11.1 Å². The lowest BCUT2D eigenvalue weighted by atomic mass is 10.1. The van der Waals surface area contributed by atoms with Crippen LogP contribution in [0.5, 0.6) is 0 Å². The van der Waals surface area contributed by atoms with Crippen molar-refractivity contribution < 1.29 is 9.85 Å². The van der Waals surface area contributed by atoms with E-state index in [2.05, 4.69) is 10.3 Å². The number of non-ortho nitro benzene ring substituents is 1. The number of aryl methyl sites for hydroxylation is 1. The van der Waals surface area contributed by atoms with Gasteiger partial charge in [0.05, 0.1) is 9.85 Å². The molecule has 3 N–H and O–H groups in total. The minimum atomic E-state index is -0.461. The highest BCUT2D eigenvalue weighted by Gasteiger charge is 2.08. The third-order valence-electron chi connectivity index (χ3n) is 4.09. The number of hydrogen-bond acceptors (Lipinski definition) is 7. The van der Waals surface area contributed by atoms with Crippen molar-refractivity contribution in [2.24, 2.45) is 0 Å². The molecule has 0 bridgehead atoms. The summed E-state index contributed by atoms with van der Waals surface area (Å²) in [5.41, 5.74) is 7.99. The van der Waals surface area contributed by atoms with Crippen molar-refractivity contribution in [1.82, 2.24) is 4.98 Å². The Labute approximate surface area is 167 Å². The Morgan fingerprint density at radius 2 is 1.59 bits per heavy atom. The number of nitrogen functional groups attached to an aromatic ring is 1. The summed E-state index contributed by atoms with van der Waals surface area (Å²) < 4.78 is 0. The number of aromatic nitrogens is 1. The van der Waals surface area contributed by atoms with Crippen LogP contribution < -0.4 is 11.1 Å². The van der Waals surface area contributed by atoms with E-state index >= 15 is 0 Å². The molecule has 3 rings (SSSR count). The Kier molecular flexibility index (Phi) is 7.19. The van der Waals surface area contributed by atoms with E-state index in [0.717, 1.165) is 11.1 Å². The summed E-state index contributed by atoms with van der Waals surface area (Å²) in [5.74, 6) is 0.622. The average Bonchev–Trinajstić information content (AvgIpc) is 2.71. The third-order valence-corrected chi connectivity index (χ3v) is 4.09. The van der Waals surface area contributed by atoms with Crippen molar-refractivity contribution in [1.29, 1.82) is 0 Å². The molecule has 0 aliphatic rings. The second kappa shape index (κ2) is 9.79. The summed E-state index contributed by atoms with van der Waals surface area (Å²) in [6.45, 7) is 3.75. The number of benzene rings is 2. The van der Waals surface area contributed by atoms with Crippen LogP contribution >= 0.6 is 0 Å². The van der Waals surface area contributed by atoms with Gasteiger partial charge in [-0.25, -0.2) is 4.98 Å². The zero-order valence-electron chi connectivity index (χ0n) is 16.0. The highest BCUT2D eigenvalue weighted by Crippen LogP contribution is 2.19.